The van der Waals surface area contributed by atoms with E-state index in [9.17, 15) is 4.79 Å². The van der Waals surface area contributed by atoms with E-state index in [1.54, 1.807) is 6.08 Å². The van der Waals surface area contributed by atoms with Crippen LogP contribution >= 0.6 is 0 Å². The van der Waals surface area contributed by atoms with Gasteiger partial charge in [-0.1, -0.05) is 49.8 Å². The predicted molar refractivity (Wildman–Crippen MR) is 57.4 cm³/mol. The molecule has 0 aromatic heterocycles. The number of nitrogens with zero attached hydrogens (tertiary/aromatic N) is 1. The average Bonchev–Trinajstić information content (AvgIpc) is 2.25. The molecule has 0 N–H and O–H groups in total. The van der Waals surface area contributed by atoms with E-state index in [1.807, 2.05) is 36.4 Å². The molecule has 0 aliphatic carbocycles. The van der Waals surface area contributed by atoms with E-state index in [0.29, 0.717) is 5.70 Å². The molecule has 1 rings (SSSR count). The first-order chi connectivity index (χ1) is 6.88. The Morgan fingerprint density at radius 2 is 2.14 bits per heavy atom. The molecule has 0 atom stereocenters. The van der Waals surface area contributed by atoms with Crippen LogP contribution in [0.15, 0.2) is 41.4 Å². The summed E-state index contributed by atoms with van der Waals surface area (Å²) in [5.74, 6) is 0. The molecule has 1 aromatic carbocycles. The summed E-state index contributed by atoms with van der Waals surface area (Å²) in [6.45, 7) is 2.09. The molecule has 2 heteroatoms. The first-order valence-electron chi connectivity index (χ1n) is 4.72. The number of unbranched alkanes of at least 4 members (excludes halogenated alkanes) is 1. The Morgan fingerprint density at radius 3 is 2.71 bits per heavy atom. The summed E-state index contributed by atoms with van der Waals surface area (Å²) < 4.78 is 0. The Labute approximate surface area is 84.0 Å². The van der Waals surface area contributed by atoms with Crippen LogP contribution in [0.2, 0.25) is 0 Å². The van der Waals surface area contributed by atoms with Crippen LogP contribution in [-0.2, 0) is 4.79 Å². The lowest BCUT2D eigenvalue weighted by atomic mass is 10.1. The summed E-state index contributed by atoms with van der Waals surface area (Å²) in [7, 11) is 0. The van der Waals surface area contributed by atoms with Gasteiger partial charge in [0.15, 0.2) is 0 Å². The van der Waals surface area contributed by atoms with Crippen molar-refractivity contribution in [3.05, 3.63) is 42.0 Å². The summed E-state index contributed by atoms with van der Waals surface area (Å²) in [5, 5.41) is 0. The van der Waals surface area contributed by atoms with Crippen molar-refractivity contribution in [3.8, 4) is 0 Å². The number of benzene rings is 1. The summed E-state index contributed by atoms with van der Waals surface area (Å²) in [5.41, 5.74) is 1.67. The van der Waals surface area contributed by atoms with Crippen LogP contribution in [0, 0.1) is 0 Å². The highest BCUT2D eigenvalue weighted by Gasteiger charge is 1.97. The molecule has 0 radical (unpaired) electrons. The van der Waals surface area contributed by atoms with E-state index < -0.39 is 0 Å². The molecular weight excluding hydrogens is 174 g/mol. The Hall–Kier alpha value is -1.66. The molecule has 0 spiro atoms. The molecule has 2 nitrogen and oxygen atoms in total. The second-order valence-electron chi connectivity index (χ2n) is 2.95. The van der Waals surface area contributed by atoms with Gasteiger partial charge in [0.05, 0.1) is 5.70 Å². The van der Waals surface area contributed by atoms with E-state index in [0.717, 1.165) is 18.4 Å². The second kappa shape index (κ2) is 5.90. The highest BCUT2D eigenvalue weighted by atomic mass is 16.1. The van der Waals surface area contributed by atoms with Crippen molar-refractivity contribution in [1.82, 2.24) is 0 Å². The van der Waals surface area contributed by atoms with E-state index in [1.165, 1.54) is 0 Å². The highest BCUT2D eigenvalue weighted by Crippen LogP contribution is 2.15. The van der Waals surface area contributed by atoms with Gasteiger partial charge in [-0.3, -0.25) is 0 Å². The minimum atomic E-state index is 0.711. The van der Waals surface area contributed by atoms with Crippen LogP contribution in [0.5, 0.6) is 0 Å². The van der Waals surface area contributed by atoms with Crippen LogP contribution in [0.25, 0.3) is 5.70 Å². The molecule has 0 heterocycles. The minimum Gasteiger partial charge on any atom is -0.211 e. The summed E-state index contributed by atoms with van der Waals surface area (Å²) in [6.07, 6.45) is 5.51. The topological polar surface area (TPSA) is 29.4 Å². The van der Waals surface area contributed by atoms with E-state index in [2.05, 4.69) is 11.9 Å². The number of hydrogen-bond donors (Lipinski definition) is 0. The first kappa shape index (κ1) is 10.4. The molecule has 0 amide bonds. The van der Waals surface area contributed by atoms with Gasteiger partial charge in [-0.2, -0.15) is 4.99 Å². The third-order valence-electron chi connectivity index (χ3n) is 1.86. The van der Waals surface area contributed by atoms with Gasteiger partial charge in [-0.05, 0) is 6.42 Å². The molecule has 0 aliphatic heterocycles. The SMILES string of the molecule is CCC/C=C(/N=C=O)c1ccccc1. The standard InChI is InChI=1S/C12H13NO/c1-2-3-9-12(13-10-14)11-7-5-4-6-8-11/h4-9H,2-3H2,1H3/b12-9+. The van der Waals surface area contributed by atoms with Crippen molar-refractivity contribution < 1.29 is 4.79 Å². The third kappa shape index (κ3) is 3.00. The van der Waals surface area contributed by atoms with Crippen LogP contribution in [0.3, 0.4) is 0 Å². The van der Waals surface area contributed by atoms with E-state index in [4.69, 9.17) is 0 Å². The minimum absolute atomic E-state index is 0.711. The zero-order chi connectivity index (χ0) is 10.2. The predicted octanol–water partition coefficient (Wildman–Crippen LogP) is 3.16. The van der Waals surface area contributed by atoms with Crippen LogP contribution in [0.1, 0.15) is 25.3 Å². The fourth-order valence-electron chi connectivity index (χ4n) is 1.17. The fourth-order valence-corrected chi connectivity index (χ4v) is 1.17. The maximum atomic E-state index is 10.2. The molecule has 1 aromatic rings. The van der Waals surface area contributed by atoms with Gasteiger partial charge in [-0.25, -0.2) is 4.79 Å². The second-order valence-corrected chi connectivity index (χ2v) is 2.95. The van der Waals surface area contributed by atoms with Gasteiger partial charge < -0.3 is 0 Å². The fraction of sp³-hybridized carbons (Fsp3) is 0.250. The van der Waals surface area contributed by atoms with Crippen molar-refractivity contribution in [1.29, 1.82) is 0 Å². The van der Waals surface area contributed by atoms with Crippen molar-refractivity contribution in [2.75, 3.05) is 0 Å². The van der Waals surface area contributed by atoms with Crippen LogP contribution < -0.4 is 0 Å². The quantitative estimate of drug-likeness (QED) is 0.526. The Bertz CT molecular complexity index is 348. The van der Waals surface area contributed by atoms with Crippen molar-refractivity contribution in [2.45, 2.75) is 19.8 Å². The largest absolute Gasteiger partial charge is 0.240 e. The van der Waals surface area contributed by atoms with Gasteiger partial charge in [-0.15, -0.1) is 0 Å². The molecule has 72 valence electrons. The van der Waals surface area contributed by atoms with Crippen molar-refractivity contribution in [2.24, 2.45) is 4.99 Å². The highest BCUT2D eigenvalue weighted by molar-refractivity contribution is 5.68. The lowest BCUT2D eigenvalue weighted by molar-refractivity contribution is 0.565. The molecule has 0 aliphatic rings. The van der Waals surface area contributed by atoms with Crippen LogP contribution in [0.4, 0.5) is 0 Å². The van der Waals surface area contributed by atoms with Crippen molar-refractivity contribution >= 4 is 11.8 Å². The maximum absolute atomic E-state index is 10.2. The van der Waals surface area contributed by atoms with Crippen LogP contribution in [-0.4, -0.2) is 6.08 Å². The normalized spacial score (nSPS) is 10.8. The number of aliphatic imine (C=N–C) groups is 1. The molecule has 0 saturated heterocycles. The van der Waals surface area contributed by atoms with Gasteiger partial charge >= 0.3 is 0 Å². The Morgan fingerprint density at radius 1 is 1.43 bits per heavy atom. The molecule has 0 bridgehead atoms. The smallest absolute Gasteiger partial charge is 0.211 e. The molecular formula is C12H13NO. The van der Waals surface area contributed by atoms with Gasteiger partial charge in [0, 0.05) is 5.56 Å². The number of hydrogen-bond acceptors (Lipinski definition) is 2. The Balaban J connectivity index is 2.94. The monoisotopic (exact) mass is 187 g/mol. The number of carbonyl (C=O) groups excluding carboxylic acids is 1. The summed E-state index contributed by atoms with van der Waals surface area (Å²) in [4.78, 5) is 13.9. The maximum Gasteiger partial charge on any atom is 0.240 e. The van der Waals surface area contributed by atoms with Crippen molar-refractivity contribution in [3.63, 3.8) is 0 Å². The van der Waals surface area contributed by atoms with Gasteiger partial charge in [0.1, 0.15) is 0 Å². The summed E-state index contributed by atoms with van der Waals surface area (Å²) in [6, 6.07) is 9.65. The molecule has 0 fully saturated rings. The number of rotatable bonds is 4. The van der Waals surface area contributed by atoms with E-state index in [-0.39, 0.29) is 0 Å². The van der Waals surface area contributed by atoms with Gasteiger partial charge in [0.2, 0.25) is 6.08 Å². The van der Waals surface area contributed by atoms with E-state index >= 15 is 0 Å². The first-order valence-corrected chi connectivity index (χ1v) is 4.72. The number of allylic oxidation sites excluding steroid dienone is 1. The average molecular weight is 187 g/mol. The molecule has 0 unspecified atom stereocenters. The summed E-state index contributed by atoms with van der Waals surface area (Å²) >= 11 is 0. The third-order valence-corrected chi connectivity index (χ3v) is 1.86. The number of isocyanates is 1. The molecule has 14 heavy (non-hydrogen) atoms. The lowest BCUT2D eigenvalue weighted by Crippen LogP contribution is -1.80. The van der Waals surface area contributed by atoms with Gasteiger partial charge in [0.25, 0.3) is 0 Å². The zero-order valence-corrected chi connectivity index (χ0v) is 8.23. The lowest BCUT2D eigenvalue weighted by Gasteiger charge is -1.98. The zero-order valence-electron chi connectivity index (χ0n) is 8.23. The molecule has 0 saturated carbocycles. The Kier molecular flexibility index (Phi) is 4.39.